The summed E-state index contributed by atoms with van der Waals surface area (Å²) in [7, 11) is 0. The molecule has 220 valence electrons. The van der Waals surface area contributed by atoms with Gasteiger partial charge in [-0.05, 0) is 75.6 Å². The number of hydrogen-bond acceptors (Lipinski definition) is 6. The van der Waals surface area contributed by atoms with E-state index in [1.807, 2.05) is 43.3 Å². The molecule has 2 atom stereocenters. The topological polar surface area (TPSA) is 71.1 Å². The largest absolute Gasteiger partial charge is 0.491 e. The average molecular weight is 553 g/mol. The van der Waals surface area contributed by atoms with Gasteiger partial charge in [-0.15, -0.1) is 0 Å². The van der Waals surface area contributed by atoms with Gasteiger partial charge in [0.15, 0.2) is 5.78 Å². The first-order chi connectivity index (χ1) is 18.5. The van der Waals surface area contributed by atoms with E-state index in [1.54, 1.807) is 27.7 Å². The molecule has 0 aliphatic rings. The van der Waals surface area contributed by atoms with Crippen LogP contribution in [0.25, 0.3) is 0 Å². The summed E-state index contributed by atoms with van der Waals surface area (Å²) in [5, 5.41) is 0. The third-order valence-corrected chi connectivity index (χ3v) is 6.92. The van der Waals surface area contributed by atoms with Crippen molar-refractivity contribution < 1.29 is 28.5 Å². The third kappa shape index (κ3) is 10.5. The fraction of sp³-hybridized carbons (Fsp3) is 0.529. The summed E-state index contributed by atoms with van der Waals surface area (Å²) in [6.45, 7) is 20.6. The normalized spacial score (nSPS) is 14.1. The summed E-state index contributed by atoms with van der Waals surface area (Å²) in [5.41, 5.74) is 1.39. The summed E-state index contributed by atoms with van der Waals surface area (Å²) >= 11 is 0. The van der Waals surface area contributed by atoms with Gasteiger partial charge in [0.1, 0.15) is 30.8 Å². The molecule has 0 N–H and O–H groups in total. The molecule has 2 aromatic rings. The van der Waals surface area contributed by atoms with Crippen LogP contribution in [-0.4, -0.2) is 42.8 Å². The molecule has 0 spiro atoms. The molecule has 2 unspecified atom stereocenters. The first kappa shape index (κ1) is 33.1. The number of esters is 1. The van der Waals surface area contributed by atoms with E-state index in [2.05, 4.69) is 46.8 Å². The Morgan fingerprint density at radius 2 is 1.18 bits per heavy atom. The molecule has 0 amide bonds. The van der Waals surface area contributed by atoms with E-state index in [9.17, 15) is 9.59 Å². The molecule has 0 aliphatic heterocycles. The van der Waals surface area contributed by atoms with E-state index in [4.69, 9.17) is 18.9 Å². The molecule has 0 heterocycles. The predicted octanol–water partition coefficient (Wildman–Crippen LogP) is 7.47. The van der Waals surface area contributed by atoms with Crippen molar-refractivity contribution >= 4 is 11.8 Å². The number of benzene rings is 2. The van der Waals surface area contributed by atoms with Crippen LogP contribution in [0.2, 0.25) is 0 Å². The van der Waals surface area contributed by atoms with Crippen LogP contribution >= 0.6 is 0 Å². The fourth-order valence-electron chi connectivity index (χ4n) is 3.86. The molecule has 6 heteroatoms. The number of hydrogen-bond donors (Lipinski definition) is 0. The van der Waals surface area contributed by atoms with Gasteiger partial charge in [-0.1, -0.05) is 65.8 Å². The Morgan fingerprint density at radius 1 is 0.725 bits per heavy atom. The van der Waals surface area contributed by atoms with Crippen molar-refractivity contribution in [1.82, 2.24) is 0 Å². The molecular weight excluding hydrogens is 504 g/mol. The second kappa shape index (κ2) is 14.0. The number of rotatable bonds is 14. The molecule has 2 rings (SSSR count). The second-order valence-electron chi connectivity index (χ2n) is 12.5. The van der Waals surface area contributed by atoms with Crippen LogP contribution in [0.15, 0.2) is 60.7 Å². The van der Waals surface area contributed by atoms with Gasteiger partial charge >= 0.3 is 5.97 Å². The highest BCUT2D eigenvalue weighted by atomic mass is 16.6. The van der Waals surface area contributed by atoms with Crippen LogP contribution in [0.5, 0.6) is 11.5 Å². The quantitative estimate of drug-likeness (QED) is 0.179. The van der Waals surface area contributed by atoms with Crippen LogP contribution in [0.1, 0.15) is 86.8 Å². The van der Waals surface area contributed by atoms with E-state index in [0.717, 1.165) is 17.7 Å². The molecule has 0 saturated heterocycles. The van der Waals surface area contributed by atoms with E-state index in [0.29, 0.717) is 12.4 Å². The van der Waals surface area contributed by atoms with Gasteiger partial charge < -0.3 is 18.9 Å². The maximum absolute atomic E-state index is 12.0. The second-order valence-corrected chi connectivity index (χ2v) is 12.5. The summed E-state index contributed by atoms with van der Waals surface area (Å²) in [4.78, 5) is 23.9. The highest BCUT2D eigenvalue weighted by Crippen LogP contribution is 2.33. The molecular formula is C34H48O6. The van der Waals surface area contributed by atoms with Crippen molar-refractivity contribution in [3.63, 3.8) is 0 Å². The monoisotopic (exact) mass is 552 g/mol. The van der Waals surface area contributed by atoms with Gasteiger partial charge in [0.25, 0.3) is 0 Å². The van der Waals surface area contributed by atoms with Gasteiger partial charge in [-0.2, -0.15) is 0 Å². The van der Waals surface area contributed by atoms with Crippen molar-refractivity contribution in [1.29, 1.82) is 0 Å². The first-order valence-electron chi connectivity index (χ1n) is 14.1. The lowest BCUT2D eigenvalue weighted by atomic mass is 9.78. The Hall–Kier alpha value is -3.12. The summed E-state index contributed by atoms with van der Waals surface area (Å²) in [6, 6.07) is 16.1. The minimum atomic E-state index is -0.564. The number of ether oxygens (including phenoxy) is 4. The molecule has 2 aromatic carbocycles. The molecule has 0 radical (unpaired) electrons. The molecule has 0 aliphatic carbocycles. The van der Waals surface area contributed by atoms with Crippen molar-refractivity contribution in [3.8, 4) is 11.5 Å². The average Bonchev–Trinajstić information content (AvgIpc) is 2.89. The lowest BCUT2D eigenvalue weighted by Crippen LogP contribution is -2.31. The lowest BCUT2D eigenvalue weighted by molar-refractivity contribution is -0.143. The van der Waals surface area contributed by atoms with Crippen LogP contribution in [0.4, 0.5) is 0 Å². The van der Waals surface area contributed by atoms with Crippen molar-refractivity contribution in [2.45, 2.75) is 98.9 Å². The van der Waals surface area contributed by atoms with Crippen molar-refractivity contribution in [2.24, 2.45) is 5.41 Å². The fourth-order valence-corrected chi connectivity index (χ4v) is 3.86. The Morgan fingerprint density at radius 3 is 1.60 bits per heavy atom. The van der Waals surface area contributed by atoms with E-state index >= 15 is 0 Å². The third-order valence-electron chi connectivity index (χ3n) is 6.92. The van der Waals surface area contributed by atoms with Crippen molar-refractivity contribution in [2.75, 3.05) is 13.2 Å². The Labute approximate surface area is 241 Å². The number of ketones is 1. The van der Waals surface area contributed by atoms with Crippen LogP contribution < -0.4 is 9.47 Å². The van der Waals surface area contributed by atoms with Gasteiger partial charge in [0, 0.05) is 16.9 Å². The summed E-state index contributed by atoms with van der Waals surface area (Å²) in [6.07, 6.45) is 2.92. The zero-order chi connectivity index (χ0) is 30.1. The van der Waals surface area contributed by atoms with Crippen molar-refractivity contribution in [3.05, 3.63) is 71.8 Å². The highest BCUT2D eigenvalue weighted by Gasteiger charge is 2.24. The van der Waals surface area contributed by atoms with Crippen LogP contribution in [0.3, 0.4) is 0 Å². The minimum absolute atomic E-state index is 0.00258. The summed E-state index contributed by atoms with van der Waals surface area (Å²) in [5.74, 6) is 0.810. The molecule has 0 fully saturated rings. The van der Waals surface area contributed by atoms with Gasteiger partial charge in [0.2, 0.25) is 0 Å². The maximum Gasteiger partial charge on any atom is 0.331 e. The van der Waals surface area contributed by atoms with E-state index in [1.165, 1.54) is 17.7 Å². The molecule has 0 bridgehead atoms. The highest BCUT2D eigenvalue weighted by molar-refractivity contribution is 5.98. The molecule has 6 nitrogen and oxygen atoms in total. The lowest BCUT2D eigenvalue weighted by Gasteiger charge is -2.28. The number of carbonyl (C=O) groups is 2. The Balaban J connectivity index is 1.90. The SMILES string of the molecule is CCC(C)(C)OC(C)COc1ccc(C(C)(C)c2ccc(OCC(C)OC(=O)/C=C/C(=O)C(C)(C)C)cc2)cc1. The van der Waals surface area contributed by atoms with Gasteiger partial charge in [-0.3, -0.25) is 4.79 Å². The zero-order valence-corrected chi connectivity index (χ0v) is 26.0. The van der Waals surface area contributed by atoms with Gasteiger partial charge in [0.05, 0.1) is 11.7 Å². The number of carbonyl (C=O) groups excluding carboxylic acids is 2. The van der Waals surface area contributed by atoms with Crippen LogP contribution in [0, 0.1) is 5.41 Å². The Kier molecular flexibility index (Phi) is 11.6. The number of allylic oxidation sites excluding steroid dienone is 1. The standard InChI is InChI=1S/C34H48O6/c1-11-33(7,8)40-25(3)23-38-29-18-14-27(15-19-29)34(9,10)26-12-16-28(17-13-26)37-22-24(2)39-31(36)21-20-30(35)32(4,5)6/h12-21,24-25H,11,22-23H2,1-10H3/b21-20+. The smallest absolute Gasteiger partial charge is 0.331 e. The molecule has 40 heavy (non-hydrogen) atoms. The maximum atomic E-state index is 12.0. The van der Waals surface area contributed by atoms with Crippen LogP contribution in [-0.2, 0) is 24.5 Å². The zero-order valence-electron chi connectivity index (χ0n) is 26.0. The predicted molar refractivity (Wildman–Crippen MR) is 160 cm³/mol. The minimum Gasteiger partial charge on any atom is -0.491 e. The first-order valence-corrected chi connectivity index (χ1v) is 14.1. The summed E-state index contributed by atoms with van der Waals surface area (Å²) < 4.78 is 23.2. The molecule has 0 aromatic heterocycles. The Bertz CT molecular complexity index is 1120. The van der Waals surface area contributed by atoms with Gasteiger partial charge in [-0.25, -0.2) is 4.79 Å². The molecule has 0 saturated carbocycles. The van der Waals surface area contributed by atoms with E-state index in [-0.39, 0.29) is 29.5 Å². The van der Waals surface area contributed by atoms with E-state index < -0.39 is 17.5 Å².